The van der Waals surface area contributed by atoms with Gasteiger partial charge in [-0.2, -0.15) is 0 Å². The number of halogens is 1. The van der Waals surface area contributed by atoms with Gasteiger partial charge in [0, 0.05) is 21.2 Å². The van der Waals surface area contributed by atoms with Crippen LogP contribution in [0.5, 0.6) is 0 Å². The molecular weight excluding hydrogens is 228 g/mol. The lowest BCUT2D eigenvalue weighted by molar-refractivity contribution is 0.103. The fourth-order valence-corrected chi connectivity index (χ4v) is 2.04. The second kappa shape index (κ2) is 3.11. The zero-order valence-corrected chi connectivity index (χ0v) is 8.89. The molecule has 1 aromatic rings. The molecule has 0 atom stereocenters. The summed E-state index contributed by atoms with van der Waals surface area (Å²) in [4.78, 5) is 11.7. The maximum Gasteiger partial charge on any atom is 0.189 e. The molecule has 0 aliphatic heterocycles. The summed E-state index contributed by atoms with van der Waals surface area (Å²) in [6, 6.07) is 5.73. The van der Waals surface area contributed by atoms with Gasteiger partial charge in [0.1, 0.15) is 0 Å². The molecule has 0 fully saturated rings. The van der Waals surface area contributed by atoms with Gasteiger partial charge in [-0.1, -0.05) is 35.0 Å². The molecule has 1 nitrogen and oxygen atoms in total. The Morgan fingerprint density at radius 3 is 2.77 bits per heavy atom. The third kappa shape index (κ3) is 1.25. The lowest BCUT2D eigenvalue weighted by Crippen LogP contribution is -1.97. The molecule has 1 aliphatic carbocycles. The van der Waals surface area contributed by atoms with Crippen LogP contribution >= 0.6 is 15.9 Å². The molecule has 0 spiro atoms. The molecular formula is C11H9BrO. The standard InChI is InChI=1S/C11H9BrO/c1-2-7-6-9-8(11(7)13)4-3-5-10(9)12/h3-6H,2H2,1H3. The predicted octanol–water partition coefficient (Wildman–Crippen LogP) is 3.44. The van der Waals surface area contributed by atoms with E-state index in [2.05, 4.69) is 15.9 Å². The highest BCUT2D eigenvalue weighted by Crippen LogP contribution is 2.31. The molecule has 0 amide bonds. The van der Waals surface area contributed by atoms with Gasteiger partial charge in [0.15, 0.2) is 5.78 Å². The fourth-order valence-electron chi connectivity index (χ4n) is 1.56. The van der Waals surface area contributed by atoms with Crippen LogP contribution in [0.15, 0.2) is 28.2 Å². The first-order valence-corrected chi connectivity index (χ1v) is 5.07. The average molecular weight is 237 g/mol. The van der Waals surface area contributed by atoms with Crippen LogP contribution in [-0.4, -0.2) is 5.78 Å². The number of rotatable bonds is 1. The van der Waals surface area contributed by atoms with E-state index in [-0.39, 0.29) is 5.78 Å². The van der Waals surface area contributed by atoms with Crippen LogP contribution in [0, 0.1) is 0 Å². The molecule has 0 unspecified atom stereocenters. The van der Waals surface area contributed by atoms with Gasteiger partial charge in [0.25, 0.3) is 0 Å². The van der Waals surface area contributed by atoms with Gasteiger partial charge in [0.05, 0.1) is 0 Å². The van der Waals surface area contributed by atoms with Crippen molar-refractivity contribution in [2.24, 2.45) is 0 Å². The molecule has 66 valence electrons. The first-order chi connectivity index (χ1) is 6.24. The Balaban J connectivity index is 2.61. The topological polar surface area (TPSA) is 17.1 Å². The van der Waals surface area contributed by atoms with Crippen molar-refractivity contribution in [3.05, 3.63) is 39.4 Å². The van der Waals surface area contributed by atoms with Crippen LogP contribution in [0.25, 0.3) is 6.08 Å². The van der Waals surface area contributed by atoms with Gasteiger partial charge < -0.3 is 0 Å². The van der Waals surface area contributed by atoms with E-state index in [1.165, 1.54) is 0 Å². The molecule has 0 aromatic heterocycles. The lowest BCUT2D eigenvalue weighted by Gasteiger charge is -1.98. The zero-order chi connectivity index (χ0) is 9.42. The Hall–Kier alpha value is -0.890. The van der Waals surface area contributed by atoms with E-state index in [1.807, 2.05) is 31.2 Å². The van der Waals surface area contributed by atoms with Crippen molar-refractivity contribution >= 4 is 27.8 Å². The summed E-state index contributed by atoms with van der Waals surface area (Å²) in [7, 11) is 0. The highest BCUT2D eigenvalue weighted by Gasteiger charge is 2.21. The van der Waals surface area contributed by atoms with Crippen molar-refractivity contribution < 1.29 is 4.79 Å². The van der Waals surface area contributed by atoms with E-state index in [9.17, 15) is 4.79 Å². The van der Waals surface area contributed by atoms with Crippen molar-refractivity contribution in [1.29, 1.82) is 0 Å². The summed E-state index contributed by atoms with van der Waals surface area (Å²) in [5.41, 5.74) is 2.76. The average Bonchev–Trinajstić information content (AvgIpc) is 2.45. The molecule has 0 N–H and O–H groups in total. The van der Waals surface area contributed by atoms with Gasteiger partial charge >= 0.3 is 0 Å². The SMILES string of the molecule is CCC1=Cc2c(Br)cccc2C1=O. The van der Waals surface area contributed by atoms with E-state index in [4.69, 9.17) is 0 Å². The van der Waals surface area contributed by atoms with Crippen LogP contribution in [0.4, 0.5) is 0 Å². The first kappa shape index (κ1) is 8.70. The third-order valence-electron chi connectivity index (χ3n) is 2.29. The summed E-state index contributed by atoms with van der Waals surface area (Å²) >= 11 is 3.43. The molecule has 0 saturated carbocycles. The van der Waals surface area contributed by atoms with E-state index < -0.39 is 0 Å². The van der Waals surface area contributed by atoms with Crippen LogP contribution in [0.3, 0.4) is 0 Å². The number of benzene rings is 1. The van der Waals surface area contributed by atoms with Crippen LogP contribution < -0.4 is 0 Å². The quantitative estimate of drug-likeness (QED) is 0.731. The minimum absolute atomic E-state index is 0.179. The van der Waals surface area contributed by atoms with E-state index >= 15 is 0 Å². The first-order valence-electron chi connectivity index (χ1n) is 4.28. The number of hydrogen-bond donors (Lipinski definition) is 0. The lowest BCUT2D eigenvalue weighted by atomic mass is 10.1. The van der Waals surface area contributed by atoms with Gasteiger partial charge in [-0.15, -0.1) is 0 Å². The normalized spacial score (nSPS) is 14.3. The van der Waals surface area contributed by atoms with Crippen molar-refractivity contribution in [2.45, 2.75) is 13.3 Å². The summed E-state index contributed by atoms with van der Waals surface area (Å²) in [5.74, 6) is 0.179. The summed E-state index contributed by atoms with van der Waals surface area (Å²) < 4.78 is 1.00. The smallest absolute Gasteiger partial charge is 0.189 e. The van der Waals surface area contributed by atoms with E-state index in [0.29, 0.717) is 0 Å². The predicted molar refractivity (Wildman–Crippen MR) is 56.7 cm³/mol. The van der Waals surface area contributed by atoms with Crippen molar-refractivity contribution in [2.75, 3.05) is 0 Å². The van der Waals surface area contributed by atoms with E-state index in [0.717, 1.165) is 27.6 Å². The highest BCUT2D eigenvalue weighted by atomic mass is 79.9. The third-order valence-corrected chi connectivity index (χ3v) is 2.98. The maximum absolute atomic E-state index is 11.7. The minimum atomic E-state index is 0.179. The Morgan fingerprint density at radius 2 is 2.15 bits per heavy atom. The van der Waals surface area contributed by atoms with Crippen molar-refractivity contribution in [3.8, 4) is 0 Å². The fraction of sp³-hybridized carbons (Fsp3) is 0.182. The number of hydrogen-bond acceptors (Lipinski definition) is 1. The summed E-state index contributed by atoms with van der Waals surface area (Å²) in [5, 5.41) is 0. The van der Waals surface area contributed by atoms with Crippen LogP contribution in [0.1, 0.15) is 29.3 Å². The number of carbonyl (C=O) groups is 1. The second-order valence-corrected chi connectivity index (χ2v) is 3.91. The number of ketones is 1. The van der Waals surface area contributed by atoms with Crippen LogP contribution in [-0.2, 0) is 0 Å². The van der Waals surface area contributed by atoms with Crippen molar-refractivity contribution in [3.63, 3.8) is 0 Å². The molecule has 0 heterocycles. The molecule has 2 heteroatoms. The molecule has 13 heavy (non-hydrogen) atoms. The monoisotopic (exact) mass is 236 g/mol. The van der Waals surface area contributed by atoms with Gasteiger partial charge in [-0.3, -0.25) is 4.79 Å². The Morgan fingerprint density at radius 1 is 1.38 bits per heavy atom. The second-order valence-electron chi connectivity index (χ2n) is 3.05. The maximum atomic E-state index is 11.7. The highest BCUT2D eigenvalue weighted by molar-refractivity contribution is 9.10. The van der Waals surface area contributed by atoms with Gasteiger partial charge in [-0.05, 0) is 18.6 Å². The number of Topliss-reactive ketones (excluding diaryl/α,β-unsaturated/α-hetero) is 1. The van der Waals surface area contributed by atoms with Crippen LogP contribution in [0.2, 0.25) is 0 Å². The molecule has 0 bridgehead atoms. The molecule has 0 saturated heterocycles. The molecule has 1 aliphatic rings. The molecule has 2 rings (SSSR count). The van der Waals surface area contributed by atoms with Gasteiger partial charge in [-0.25, -0.2) is 0 Å². The number of carbonyl (C=O) groups excluding carboxylic acids is 1. The van der Waals surface area contributed by atoms with E-state index in [1.54, 1.807) is 0 Å². The largest absolute Gasteiger partial charge is 0.289 e. The number of allylic oxidation sites excluding steroid dienone is 1. The summed E-state index contributed by atoms with van der Waals surface area (Å²) in [6.45, 7) is 2.00. The molecule has 1 aromatic carbocycles. The number of fused-ring (bicyclic) bond motifs is 1. The zero-order valence-electron chi connectivity index (χ0n) is 7.30. The minimum Gasteiger partial charge on any atom is -0.289 e. The van der Waals surface area contributed by atoms with Gasteiger partial charge in [0.2, 0.25) is 0 Å². The van der Waals surface area contributed by atoms with Crippen molar-refractivity contribution in [1.82, 2.24) is 0 Å². The summed E-state index contributed by atoms with van der Waals surface area (Å²) in [6.07, 6.45) is 2.78. The Kier molecular flexibility index (Phi) is 2.08. The Labute approximate surface area is 85.6 Å². The Bertz CT molecular complexity index is 405. The molecule has 0 radical (unpaired) electrons.